The molecule has 0 aromatic carbocycles. The zero-order valence-corrected chi connectivity index (χ0v) is 17.5. The molecule has 28 heavy (non-hydrogen) atoms. The van der Waals surface area contributed by atoms with Gasteiger partial charge in [0.1, 0.15) is 0 Å². The Morgan fingerprint density at radius 2 is 2.00 bits per heavy atom. The first kappa shape index (κ1) is 23.3. The molecule has 2 aliphatic rings. The highest BCUT2D eigenvalue weighted by Crippen LogP contribution is 2.48. The van der Waals surface area contributed by atoms with Crippen molar-refractivity contribution < 1.29 is 20.1 Å². The normalized spacial score (nSPS) is 29.4. The van der Waals surface area contributed by atoms with Gasteiger partial charge in [0, 0.05) is 23.6 Å². The lowest BCUT2D eigenvalue weighted by Gasteiger charge is -2.44. The van der Waals surface area contributed by atoms with Crippen LogP contribution < -0.4 is 0 Å². The lowest BCUT2D eigenvalue weighted by molar-refractivity contribution is -0.137. The number of rotatable bonds is 11. The van der Waals surface area contributed by atoms with E-state index >= 15 is 0 Å². The maximum absolute atomic E-state index is 10.6. The summed E-state index contributed by atoms with van der Waals surface area (Å²) in [4.78, 5) is 10.5. The first-order valence-electron chi connectivity index (χ1n) is 10.7. The standard InChI is InChI=1S/C23H35ClO4/c1-2-13-23(14-8-15-23)21(26)11-7-10-18-17(19(24)16-20(18)25)9-5-3-4-6-12-22(27)28/h2,17-21,25-26H,1,3-6,8-9,11-16H2,(H,27,28)/t17-,18-,19-,20-,21?/m1/s1. The summed E-state index contributed by atoms with van der Waals surface area (Å²) in [5.41, 5.74) is -0.0465. The molecule has 0 aliphatic heterocycles. The minimum Gasteiger partial charge on any atom is -0.481 e. The van der Waals surface area contributed by atoms with E-state index in [2.05, 4.69) is 18.4 Å². The Morgan fingerprint density at radius 1 is 1.29 bits per heavy atom. The number of aliphatic hydroxyl groups is 2. The van der Waals surface area contributed by atoms with Crippen LogP contribution in [0, 0.1) is 29.1 Å². The third kappa shape index (κ3) is 6.24. The first-order valence-corrected chi connectivity index (χ1v) is 11.1. The van der Waals surface area contributed by atoms with Crippen molar-refractivity contribution in [3.63, 3.8) is 0 Å². The number of carboxylic acid groups (broad SMARTS) is 1. The Hall–Kier alpha value is -1.02. The quantitative estimate of drug-likeness (QED) is 0.202. The fraction of sp³-hybridized carbons (Fsp3) is 0.783. The summed E-state index contributed by atoms with van der Waals surface area (Å²) in [6, 6.07) is 0. The Balaban J connectivity index is 1.82. The lowest BCUT2D eigenvalue weighted by Crippen LogP contribution is -2.40. The van der Waals surface area contributed by atoms with Crippen molar-refractivity contribution >= 4 is 17.6 Å². The molecule has 0 aromatic heterocycles. The minimum absolute atomic E-state index is 0.0465. The van der Waals surface area contributed by atoms with Gasteiger partial charge in [-0.1, -0.05) is 37.7 Å². The number of halogens is 1. The van der Waals surface area contributed by atoms with Gasteiger partial charge in [-0.15, -0.1) is 24.1 Å². The van der Waals surface area contributed by atoms with E-state index in [-0.39, 0.29) is 29.0 Å². The van der Waals surface area contributed by atoms with Crippen LogP contribution in [-0.2, 0) is 4.79 Å². The van der Waals surface area contributed by atoms with Crippen LogP contribution in [-0.4, -0.2) is 38.9 Å². The van der Waals surface area contributed by atoms with Crippen molar-refractivity contribution in [2.45, 2.75) is 94.6 Å². The van der Waals surface area contributed by atoms with E-state index in [0.717, 1.165) is 51.4 Å². The monoisotopic (exact) mass is 410 g/mol. The van der Waals surface area contributed by atoms with Gasteiger partial charge in [0.2, 0.25) is 0 Å². The molecule has 2 aliphatic carbocycles. The summed E-state index contributed by atoms with van der Waals surface area (Å²) in [6.07, 6.45) is 10.7. The van der Waals surface area contributed by atoms with Gasteiger partial charge < -0.3 is 15.3 Å². The molecule has 2 rings (SSSR count). The second-order valence-electron chi connectivity index (χ2n) is 8.61. The van der Waals surface area contributed by atoms with Crippen LogP contribution in [0.4, 0.5) is 0 Å². The molecule has 1 unspecified atom stereocenters. The number of hydrogen-bond acceptors (Lipinski definition) is 3. The second-order valence-corrected chi connectivity index (χ2v) is 9.17. The van der Waals surface area contributed by atoms with Crippen LogP contribution in [0.25, 0.3) is 0 Å². The average molecular weight is 411 g/mol. The molecule has 5 atom stereocenters. The zero-order valence-electron chi connectivity index (χ0n) is 16.8. The molecule has 3 N–H and O–H groups in total. The fourth-order valence-corrected chi connectivity index (χ4v) is 5.18. The number of carbonyl (C=O) groups is 1. The molecular weight excluding hydrogens is 376 g/mol. The Labute approximate surface area is 174 Å². The lowest BCUT2D eigenvalue weighted by atomic mass is 9.62. The number of unbranched alkanes of at least 4 members (excludes halogenated alkanes) is 3. The van der Waals surface area contributed by atoms with Crippen molar-refractivity contribution in [2.24, 2.45) is 17.3 Å². The van der Waals surface area contributed by atoms with E-state index in [1.807, 2.05) is 6.08 Å². The Bertz CT molecular complexity index is 575. The van der Waals surface area contributed by atoms with Gasteiger partial charge in [-0.2, -0.15) is 0 Å². The highest BCUT2D eigenvalue weighted by atomic mass is 35.5. The topological polar surface area (TPSA) is 77.8 Å². The van der Waals surface area contributed by atoms with Crippen LogP contribution in [0.2, 0.25) is 0 Å². The molecule has 0 amide bonds. The Kier molecular flexibility index (Phi) is 9.34. The second kappa shape index (κ2) is 11.2. The molecule has 2 saturated carbocycles. The van der Waals surface area contributed by atoms with Gasteiger partial charge >= 0.3 is 5.97 Å². The van der Waals surface area contributed by atoms with Crippen LogP contribution >= 0.6 is 11.6 Å². The van der Waals surface area contributed by atoms with Crippen molar-refractivity contribution in [1.29, 1.82) is 0 Å². The van der Waals surface area contributed by atoms with Gasteiger partial charge in [0.15, 0.2) is 0 Å². The SMILES string of the molecule is C=CCC1(C(O)CC#C[C@@H]2[C@@H](CCCCCCC(=O)O)[C@H](Cl)C[C@H]2O)CCC1. The predicted molar refractivity (Wildman–Crippen MR) is 112 cm³/mol. The molecule has 0 heterocycles. The summed E-state index contributed by atoms with van der Waals surface area (Å²) in [5.74, 6) is 5.65. The minimum atomic E-state index is -0.742. The molecule has 158 valence electrons. The van der Waals surface area contributed by atoms with Gasteiger partial charge in [-0.25, -0.2) is 0 Å². The van der Waals surface area contributed by atoms with Crippen molar-refractivity contribution in [3.05, 3.63) is 12.7 Å². The Morgan fingerprint density at radius 3 is 2.61 bits per heavy atom. The average Bonchev–Trinajstić information content (AvgIpc) is 2.87. The number of allylic oxidation sites excluding steroid dienone is 1. The van der Waals surface area contributed by atoms with Crippen molar-refractivity contribution in [2.75, 3.05) is 0 Å². The van der Waals surface area contributed by atoms with Crippen molar-refractivity contribution in [1.82, 2.24) is 0 Å². The number of aliphatic hydroxyl groups excluding tert-OH is 2. The van der Waals surface area contributed by atoms with Gasteiger partial charge in [-0.3, -0.25) is 4.79 Å². The summed E-state index contributed by atoms with van der Waals surface area (Å²) in [5, 5.41) is 29.6. The highest BCUT2D eigenvalue weighted by Gasteiger charge is 2.42. The van der Waals surface area contributed by atoms with Gasteiger partial charge in [0.25, 0.3) is 0 Å². The largest absolute Gasteiger partial charge is 0.481 e. The molecule has 0 radical (unpaired) electrons. The first-order chi connectivity index (χ1) is 13.4. The summed E-state index contributed by atoms with van der Waals surface area (Å²) < 4.78 is 0. The van der Waals surface area contributed by atoms with Crippen molar-refractivity contribution in [3.8, 4) is 11.8 Å². The number of alkyl halides is 1. The number of hydrogen-bond donors (Lipinski definition) is 3. The predicted octanol–water partition coefficient (Wildman–Crippen LogP) is 4.52. The third-order valence-corrected chi connectivity index (χ3v) is 7.16. The maximum atomic E-state index is 10.6. The van der Waals surface area contributed by atoms with E-state index in [1.54, 1.807) is 0 Å². The fourth-order valence-electron chi connectivity index (χ4n) is 4.72. The van der Waals surface area contributed by atoms with Crippen LogP contribution in [0.3, 0.4) is 0 Å². The van der Waals surface area contributed by atoms with E-state index in [1.165, 1.54) is 0 Å². The van der Waals surface area contributed by atoms with Gasteiger partial charge in [0.05, 0.1) is 18.1 Å². The van der Waals surface area contributed by atoms with Crippen LogP contribution in [0.1, 0.15) is 77.0 Å². The zero-order chi connectivity index (χ0) is 20.6. The molecular formula is C23H35ClO4. The molecule has 0 saturated heterocycles. The van der Waals surface area contributed by atoms with E-state index in [4.69, 9.17) is 16.7 Å². The molecule has 0 bridgehead atoms. The molecule has 0 aromatic rings. The third-order valence-electron chi connectivity index (χ3n) is 6.66. The molecule has 5 heteroatoms. The summed E-state index contributed by atoms with van der Waals surface area (Å²) >= 11 is 6.47. The molecule has 2 fully saturated rings. The van der Waals surface area contributed by atoms with Crippen LogP contribution in [0.15, 0.2) is 12.7 Å². The molecule has 0 spiro atoms. The number of aliphatic carboxylic acids is 1. The summed E-state index contributed by atoms with van der Waals surface area (Å²) in [7, 11) is 0. The van der Waals surface area contributed by atoms with E-state index < -0.39 is 18.2 Å². The maximum Gasteiger partial charge on any atom is 0.303 e. The highest BCUT2D eigenvalue weighted by molar-refractivity contribution is 6.21. The van der Waals surface area contributed by atoms with Gasteiger partial charge in [-0.05, 0) is 44.4 Å². The summed E-state index contributed by atoms with van der Waals surface area (Å²) in [6.45, 7) is 3.81. The van der Waals surface area contributed by atoms with E-state index in [0.29, 0.717) is 19.3 Å². The number of carboxylic acids is 1. The smallest absolute Gasteiger partial charge is 0.303 e. The van der Waals surface area contributed by atoms with E-state index in [9.17, 15) is 15.0 Å². The molecule has 4 nitrogen and oxygen atoms in total. The van der Waals surface area contributed by atoms with Crippen LogP contribution in [0.5, 0.6) is 0 Å².